The van der Waals surface area contributed by atoms with Crippen molar-refractivity contribution in [3.05, 3.63) is 41.5 Å². The van der Waals surface area contributed by atoms with Crippen molar-refractivity contribution in [2.45, 2.75) is 45.8 Å². The Labute approximate surface area is 146 Å². The third-order valence-electron chi connectivity index (χ3n) is 4.50. The summed E-state index contributed by atoms with van der Waals surface area (Å²) in [6, 6.07) is 5.94. The molecule has 1 saturated heterocycles. The van der Waals surface area contributed by atoms with Crippen LogP contribution in [0.25, 0.3) is 11.5 Å². The van der Waals surface area contributed by atoms with Gasteiger partial charge in [0.25, 0.3) is 0 Å². The van der Waals surface area contributed by atoms with Gasteiger partial charge in [0.05, 0.1) is 30.4 Å². The number of aryl methyl sites for hydroxylation is 1. The number of benzene rings is 1. The lowest BCUT2D eigenvalue weighted by molar-refractivity contribution is -0.152. The molecule has 1 aliphatic rings. The molecule has 2 aromatic rings. The Morgan fingerprint density at radius 1 is 1.36 bits per heavy atom. The van der Waals surface area contributed by atoms with Crippen molar-refractivity contribution in [1.29, 1.82) is 0 Å². The van der Waals surface area contributed by atoms with Crippen molar-refractivity contribution < 1.29 is 18.3 Å². The Hall–Kier alpha value is -2.21. The fourth-order valence-electron chi connectivity index (χ4n) is 2.97. The van der Waals surface area contributed by atoms with Crippen molar-refractivity contribution in [3.63, 3.8) is 0 Å². The van der Waals surface area contributed by atoms with Gasteiger partial charge in [0.2, 0.25) is 11.8 Å². The maximum atomic E-state index is 13.1. The average Bonchev–Trinajstić information content (AvgIpc) is 2.91. The number of morpholine rings is 1. The minimum atomic E-state index is -0.346. The molecule has 3 rings (SSSR count). The van der Waals surface area contributed by atoms with E-state index >= 15 is 0 Å². The molecule has 2 heterocycles. The summed E-state index contributed by atoms with van der Waals surface area (Å²) in [6.45, 7) is 8.82. The largest absolute Gasteiger partial charge is 0.441 e. The van der Waals surface area contributed by atoms with E-state index in [2.05, 4.69) is 4.98 Å². The highest BCUT2D eigenvalue weighted by atomic mass is 19.1. The highest BCUT2D eigenvalue weighted by molar-refractivity contribution is 5.79. The number of hydrogen-bond acceptors (Lipinski definition) is 4. The molecule has 1 amide bonds. The summed E-state index contributed by atoms with van der Waals surface area (Å²) in [5.74, 6) is 0.690. The molecule has 0 spiro atoms. The Kier molecular flexibility index (Phi) is 4.64. The van der Waals surface area contributed by atoms with Crippen LogP contribution in [-0.4, -0.2) is 40.6 Å². The zero-order valence-corrected chi connectivity index (χ0v) is 15.0. The zero-order valence-electron chi connectivity index (χ0n) is 15.0. The number of carbonyl (C=O) groups excluding carboxylic acids is 1. The van der Waals surface area contributed by atoms with Crippen LogP contribution in [0.1, 0.15) is 32.2 Å². The lowest BCUT2D eigenvalue weighted by Gasteiger charge is -2.44. The molecule has 5 nitrogen and oxygen atoms in total. The average molecular weight is 346 g/mol. The normalized spacial score (nSPS) is 19.9. The fraction of sp³-hybridized carbons (Fsp3) is 0.474. The van der Waals surface area contributed by atoms with E-state index in [4.69, 9.17) is 9.15 Å². The van der Waals surface area contributed by atoms with Gasteiger partial charge in [-0.05, 0) is 52.0 Å². The number of oxazole rings is 1. The van der Waals surface area contributed by atoms with Gasteiger partial charge in [0, 0.05) is 12.1 Å². The summed E-state index contributed by atoms with van der Waals surface area (Å²) < 4.78 is 24.4. The highest BCUT2D eigenvalue weighted by Crippen LogP contribution is 2.25. The van der Waals surface area contributed by atoms with Gasteiger partial charge < -0.3 is 14.1 Å². The molecular weight excluding hydrogens is 323 g/mol. The molecule has 0 saturated carbocycles. The number of nitrogens with zero attached hydrogens (tertiary/aromatic N) is 2. The predicted octanol–water partition coefficient (Wildman–Crippen LogP) is 3.36. The third-order valence-corrected chi connectivity index (χ3v) is 4.50. The van der Waals surface area contributed by atoms with Crippen molar-refractivity contribution in [2.75, 3.05) is 13.2 Å². The Bertz CT molecular complexity index is 767. The lowest BCUT2D eigenvalue weighted by Crippen LogP contribution is -2.58. The van der Waals surface area contributed by atoms with Crippen molar-refractivity contribution in [1.82, 2.24) is 9.88 Å². The predicted molar refractivity (Wildman–Crippen MR) is 91.5 cm³/mol. The summed E-state index contributed by atoms with van der Waals surface area (Å²) in [5, 5.41) is 0. The Morgan fingerprint density at radius 2 is 2.04 bits per heavy atom. The van der Waals surface area contributed by atoms with E-state index in [-0.39, 0.29) is 29.8 Å². The van der Waals surface area contributed by atoms with Gasteiger partial charge in [-0.25, -0.2) is 9.37 Å². The van der Waals surface area contributed by atoms with Crippen LogP contribution in [0.15, 0.2) is 28.7 Å². The maximum Gasteiger partial charge on any atom is 0.229 e. The molecule has 25 heavy (non-hydrogen) atoms. The second kappa shape index (κ2) is 6.59. The number of carbonyl (C=O) groups is 1. The van der Waals surface area contributed by atoms with E-state index in [0.29, 0.717) is 36.1 Å². The Morgan fingerprint density at radius 3 is 2.72 bits per heavy atom. The van der Waals surface area contributed by atoms with Crippen LogP contribution in [0, 0.1) is 12.7 Å². The van der Waals surface area contributed by atoms with Gasteiger partial charge in [-0.2, -0.15) is 0 Å². The van der Waals surface area contributed by atoms with E-state index < -0.39 is 0 Å². The number of aromatic nitrogens is 1. The fourth-order valence-corrected chi connectivity index (χ4v) is 2.97. The highest BCUT2D eigenvalue weighted by Gasteiger charge is 2.37. The van der Waals surface area contributed by atoms with E-state index in [1.54, 1.807) is 19.1 Å². The monoisotopic (exact) mass is 346 g/mol. The summed E-state index contributed by atoms with van der Waals surface area (Å²) >= 11 is 0. The minimum absolute atomic E-state index is 0.00204. The molecule has 134 valence electrons. The molecule has 1 aromatic heterocycles. The minimum Gasteiger partial charge on any atom is -0.441 e. The van der Waals surface area contributed by atoms with Crippen LogP contribution in [-0.2, 0) is 16.0 Å². The van der Waals surface area contributed by atoms with Gasteiger partial charge in [-0.3, -0.25) is 4.79 Å². The van der Waals surface area contributed by atoms with Crippen LogP contribution < -0.4 is 0 Å². The van der Waals surface area contributed by atoms with Gasteiger partial charge in [-0.1, -0.05) is 0 Å². The first kappa shape index (κ1) is 17.6. The second-order valence-electron chi connectivity index (χ2n) is 7.14. The third kappa shape index (κ3) is 3.74. The number of halogens is 1. The number of ether oxygens (including phenoxy) is 1. The standard InChI is InChI=1S/C19H23FN2O3/c1-12-10-22(19(3,4)11-24-12)17(23)9-16-13(2)25-18(21-16)14-5-7-15(20)8-6-14/h5-8,12H,9-11H2,1-4H3. The summed E-state index contributed by atoms with van der Waals surface area (Å²) in [7, 11) is 0. The van der Waals surface area contributed by atoms with Gasteiger partial charge >= 0.3 is 0 Å². The zero-order chi connectivity index (χ0) is 18.2. The van der Waals surface area contributed by atoms with Crippen molar-refractivity contribution >= 4 is 5.91 Å². The molecule has 1 unspecified atom stereocenters. The quantitative estimate of drug-likeness (QED) is 0.855. The van der Waals surface area contributed by atoms with E-state index in [1.165, 1.54) is 12.1 Å². The summed E-state index contributed by atoms with van der Waals surface area (Å²) in [5.41, 5.74) is 0.948. The van der Waals surface area contributed by atoms with Crippen LogP contribution in [0.3, 0.4) is 0 Å². The van der Waals surface area contributed by atoms with Crippen LogP contribution in [0.2, 0.25) is 0 Å². The smallest absolute Gasteiger partial charge is 0.229 e. The SMILES string of the molecule is Cc1oc(-c2ccc(F)cc2)nc1CC(=O)N1CC(C)OCC1(C)C. The van der Waals surface area contributed by atoms with Crippen LogP contribution >= 0.6 is 0 Å². The number of rotatable bonds is 3. The van der Waals surface area contributed by atoms with Crippen LogP contribution in [0.4, 0.5) is 4.39 Å². The molecule has 1 aromatic carbocycles. The number of hydrogen-bond donors (Lipinski definition) is 0. The van der Waals surface area contributed by atoms with Gasteiger partial charge in [0.15, 0.2) is 0 Å². The molecule has 0 bridgehead atoms. The lowest BCUT2D eigenvalue weighted by atomic mass is 10.00. The van der Waals surface area contributed by atoms with E-state index in [0.717, 1.165) is 0 Å². The first-order chi connectivity index (χ1) is 11.8. The molecule has 0 radical (unpaired) electrons. The molecule has 0 aliphatic carbocycles. The molecule has 0 N–H and O–H groups in total. The first-order valence-electron chi connectivity index (χ1n) is 8.40. The van der Waals surface area contributed by atoms with Gasteiger partial charge in [-0.15, -0.1) is 0 Å². The molecular formula is C19H23FN2O3. The second-order valence-corrected chi connectivity index (χ2v) is 7.14. The molecule has 1 atom stereocenters. The summed E-state index contributed by atoms with van der Waals surface area (Å²) in [6.07, 6.45) is 0.192. The van der Waals surface area contributed by atoms with Crippen LogP contribution in [0.5, 0.6) is 0 Å². The summed E-state index contributed by atoms with van der Waals surface area (Å²) in [4.78, 5) is 19.1. The molecule has 1 aliphatic heterocycles. The topological polar surface area (TPSA) is 55.6 Å². The van der Waals surface area contributed by atoms with E-state index in [1.807, 2.05) is 25.7 Å². The van der Waals surface area contributed by atoms with Crippen molar-refractivity contribution in [2.24, 2.45) is 0 Å². The van der Waals surface area contributed by atoms with Gasteiger partial charge in [0.1, 0.15) is 11.6 Å². The number of amides is 1. The molecule has 1 fully saturated rings. The van der Waals surface area contributed by atoms with E-state index in [9.17, 15) is 9.18 Å². The maximum absolute atomic E-state index is 13.1. The molecule has 6 heteroatoms. The van der Waals surface area contributed by atoms with Crippen molar-refractivity contribution in [3.8, 4) is 11.5 Å². The Balaban J connectivity index is 1.78. The first-order valence-corrected chi connectivity index (χ1v) is 8.40.